The van der Waals surface area contributed by atoms with E-state index >= 15 is 0 Å². The summed E-state index contributed by atoms with van der Waals surface area (Å²) in [5, 5.41) is 0.778. The Balaban J connectivity index is 2.11. The third-order valence-electron chi connectivity index (χ3n) is 4.52. The van der Waals surface area contributed by atoms with E-state index in [1.807, 2.05) is 12.1 Å². The van der Waals surface area contributed by atoms with Crippen LogP contribution in [-0.4, -0.2) is 0 Å². The number of halogens is 1. The van der Waals surface area contributed by atoms with E-state index in [1.165, 1.54) is 24.8 Å². The van der Waals surface area contributed by atoms with Gasteiger partial charge in [0.05, 0.1) is 0 Å². The van der Waals surface area contributed by atoms with Crippen molar-refractivity contribution in [1.29, 1.82) is 0 Å². The van der Waals surface area contributed by atoms with Gasteiger partial charge >= 0.3 is 0 Å². The average Bonchev–Trinajstić information content (AvgIpc) is 2.37. The summed E-state index contributed by atoms with van der Waals surface area (Å²) in [5.41, 5.74) is 4.24. The predicted molar refractivity (Wildman–Crippen MR) is 77.2 cm³/mol. The second kappa shape index (κ2) is 6.05. The van der Waals surface area contributed by atoms with Crippen molar-refractivity contribution in [3.8, 4) is 0 Å². The first kappa shape index (κ1) is 13.9. The van der Waals surface area contributed by atoms with Crippen LogP contribution in [0.4, 0.5) is 0 Å². The van der Waals surface area contributed by atoms with Crippen LogP contribution in [0.2, 0.25) is 5.02 Å². The molecule has 0 radical (unpaired) electrons. The molecule has 0 saturated heterocycles. The van der Waals surface area contributed by atoms with Gasteiger partial charge in [0.25, 0.3) is 0 Å². The maximum Gasteiger partial charge on any atom is 0.0488 e. The van der Waals surface area contributed by atoms with E-state index in [2.05, 4.69) is 31.4 Å². The number of benzene rings is 1. The topological polar surface area (TPSA) is 38.0 Å². The van der Waals surface area contributed by atoms with Gasteiger partial charge in [-0.15, -0.1) is 0 Å². The fourth-order valence-corrected chi connectivity index (χ4v) is 3.19. The molecule has 1 fully saturated rings. The van der Waals surface area contributed by atoms with Gasteiger partial charge < -0.3 is 0 Å². The molecule has 0 amide bonds. The minimum atomic E-state index is 0.247. The number of hydrazine groups is 1. The first-order valence-corrected chi connectivity index (χ1v) is 7.21. The van der Waals surface area contributed by atoms with E-state index in [9.17, 15) is 0 Å². The molecule has 0 bridgehead atoms. The van der Waals surface area contributed by atoms with Crippen molar-refractivity contribution in [3.63, 3.8) is 0 Å². The molecule has 1 aromatic carbocycles. The molecule has 0 heterocycles. The van der Waals surface area contributed by atoms with Crippen LogP contribution in [0.1, 0.15) is 44.7 Å². The summed E-state index contributed by atoms with van der Waals surface area (Å²) in [7, 11) is 0. The molecule has 18 heavy (non-hydrogen) atoms. The van der Waals surface area contributed by atoms with Gasteiger partial charge in [-0.1, -0.05) is 44.0 Å². The maximum atomic E-state index is 5.94. The molecule has 3 heteroatoms. The molecule has 1 aliphatic rings. The highest BCUT2D eigenvalue weighted by atomic mass is 35.5. The van der Waals surface area contributed by atoms with Crippen LogP contribution in [0.3, 0.4) is 0 Å². The Morgan fingerprint density at radius 1 is 1.17 bits per heavy atom. The Labute approximate surface area is 115 Å². The molecular weight excluding hydrogens is 244 g/mol. The Hall–Kier alpha value is -0.570. The molecule has 2 rings (SSSR count). The standard InChI is InChI=1S/C15H23ClN2/c1-10-3-4-13(9-11(10)2)15(18-17)12-5-7-14(16)8-6-12/h5-8,10-11,13,15,18H,3-4,9,17H2,1-2H3. The van der Waals surface area contributed by atoms with Crippen molar-refractivity contribution in [2.75, 3.05) is 0 Å². The molecule has 0 spiro atoms. The zero-order valence-corrected chi connectivity index (χ0v) is 12.0. The van der Waals surface area contributed by atoms with E-state index in [1.54, 1.807) is 0 Å². The normalized spacial score (nSPS) is 30.1. The van der Waals surface area contributed by atoms with E-state index in [0.29, 0.717) is 5.92 Å². The number of rotatable bonds is 3. The van der Waals surface area contributed by atoms with E-state index in [-0.39, 0.29) is 6.04 Å². The Bertz CT molecular complexity index is 377. The first-order chi connectivity index (χ1) is 8.61. The second-order valence-corrected chi connectivity index (χ2v) is 6.16. The van der Waals surface area contributed by atoms with Crippen LogP contribution in [-0.2, 0) is 0 Å². The zero-order chi connectivity index (χ0) is 13.1. The molecule has 0 aliphatic heterocycles. The smallest absolute Gasteiger partial charge is 0.0488 e. The fraction of sp³-hybridized carbons (Fsp3) is 0.600. The summed E-state index contributed by atoms with van der Waals surface area (Å²) in [6, 6.07) is 8.29. The summed E-state index contributed by atoms with van der Waals surface area (Å²) >= 11 is 5.94. The Morgan fingerprint density at radius 2 is 1.83 bits per heavy atom. The van der Waals surface area contributed by atoms with Crippen LogP contribution < -0.4 is 11.3 Å². The highest BCUT2D eigenvalue weighted by Gasteiger charge is 2.30. The summed E-state index contributed by atoms with van der Waals surface area (Å²) in [4.78, 5) is 0. The number of hydrogen-bond donors (Lipinski definition) is 2. The van der Waals surface area contributed by atoms with Gasteiger partial charge in [-0.3, -0.25) is 11.3 Å². The second-order valence-electron chi connectivity index (χ2n) is 5.72. The number of nitrogens with one attached hydrogen (secondary N) is 1. The van der Waals surface area contributed by atoms with Gasteiger partial charge in [0, 0.05) is 11.1 Å². The third-order valence-corrected chi connectivity index (χ3v) is 4.77. The molecular formula is C15H23ClN2. The summed E-state index contributed by atoms with van der Waals surface area (Å²) in [6.07, 6.45) is 3.80. The molecule has 2 nitrogen and oxygen atoms in total. The fourth-order valence-electron chi connectivity index (χ4n) is 3.07. The van der Waals surface area contributed by atoms with Gasteiger partial charge in [0.1, 0.15) is 0 Å². The zero-order valence-electron chi connectivity index (χ0n) is 11.2. The van der Waals surface area contributed by atoms with Crippen LogP contribution in [0, 0.1) is 17.8 Å². The maximum absolute atomic E-state index is 5.94. The SMILES string of the molecule is CC1CCC(C(NN)c2ccc(Cl)cc2)CC1C. The van der Waals surface area contributed by atoms with E-state index in [4.69, 9.17) is 17.4 Å². The first-order valence-electron chi connectivity index (χ1n) is 6.83. The summed E-state index contributed by atoms with van der Waals surface area (Å²) in [5.74, 6) is 8.02. The molecule has 4 atom stereocenters. The summed E-state index contributed by atoms with van der Waals surface area (Å²) < 4.78 is 0. The predicted octanol–water partition coefficient (Wildman–Crippen LogP) is 3.92. The van der Waals surface area contributed by atoms with Crippen molar-refractivity contribution in [2.45, 2.75) is 39.2 Å². The third kappa shape index (κ3) is 3.05. The van der Waals surface area contributed by atoms with Gasteiger partial charge in [-0.2, -0.15) is 0 Å². The molecule has 1 aromatic rings. The van der Waals surface area contributed by atoms with Crippen molar-refractivity contribution in [1.82, 2.24) is 5.43 Å². The van der Waals surface area contributed by atoms with Crippen molar-refractivity contribution < 1.29 is 0 Å². The Morgan fingerprint density at radius 3 is 2.39 bits per heavy atom. The molecule has 1 aliphatic carbocycles. The van der Waals surface area contributed by atoms with Crippen molar-refractivity contribution >= 4 is 11.6 Å². The van der Waals surface area contributed by atoms with Gasteiger partial charge in [0.15, 0.2) is 0 Å². The molecule has 4 unspecified atom stereocenters. The highest BCUT2D eigenvalue weighted by molar-refractivity contribution is 6.30. The van der Waals surface area contributed by atoms with E-state index < -0.39 is 0 Å². The quantitative estimate of drug-likeness (QED) is 0.643. The van der Waals surface area contributed by atoms with Crippen LogP contribution in [0.25, 0.3) is 0 Å². The molecule has 1 saturated carbocycles. The largest absolute Gasteiger partial charge is 0.271 e. The number of hydrogen-bond acceptors (Lipinski definition) is 2. The average molecular weight is 267 g/mol. The van der Waals surface area contributed by atoms with Gasteiger partial charge in [-0.25, -0.2) is 0 Å². The Kier molecular flexibility index (Phi) is 4.66. The number of nitrogens with two attached hydrogens (primary N) is 1. The summed E-state index contributed by atoms with van der Waals surface area (Å²) in [6.45, 7) is 4.71. The van der Waals surface area contributed by atoms with Crippen LogP contribution in [0.15, 0.2) is 24.3 Å². The molecule has 3 N–H and O–H groups in total. The molecule has 100 valence electrons. The minimum absolute atomic E-state index is 0.247. The minimum Gasteiger partial charge on any atom is -0.271 e. The van der Waals surface area contributed by atoms with Gasteiger partial charge in [0.2, 0.25) is 0 Å². The van der Waals surface area contributed by atoms with Crippen LogP contribution >= 0.6 is 11.6 Å². The van der Waals surface area contributed by atoms with Gasteiger partial charge in [-0.05, 0) is 48.3 Å². The lowest BCUT2D eigenvalue weighted by atomic mass is 9.72. The lowest BCUT2D eigenvalue weighted by Crippen LogP contribution is -2.36. The van der Waals surface area contributed by atoms with Crippen molar-refractivity contribution in [3.05, 3.63) is 34.9 Å². The van der Waals surface area contributed by atoms with Crippen LogP contribution in [0.5, 0.6) is 0 Å². The highest BCUT2D eigenvalue weighted by Crippen LogP contribution is 2.39. The monoisotopic (exact) mass is 266 g/mol. The van der Waals surface area contributed by atoms with Crippen molar-refractivity contribution in [2.24, 2.45) is 23.6 Å². The lowest BCUT2D eigenvalue weighted by molar-refractivity contribution is 0.171. The lowest BCUT2D eigenvalue weighted by Gasteiger charge is -2.36. The molecule has 0 aromatic heterocycles. The van der Waals surface area contributed by atoms with E-state index in [0.717, 1.165) is 16.9 Å².